The largest absolute Gasteiger partial charge is 0.493 e. The van der Waals surface area contributed by atoms with E-state index in [1.807, 2.05) is 91.9 Å². The number of ether oxygens (including phenoxy) is 1. The predicted octanol–water partition coefficient (Wildman–Crippen LogP) is 6.35. The summed E-state index contributed by atoms with van der Waals surface area (Å²) in [6, 6.07) is 32.0. The van der Waals surface area contributed by atoms with E-state index in [-0.39, 0.29) is 11.6 Å². The molecule has 7 heteroatoms. The second kappa shape index (κ2) is 10.5. The van der Waals surface area contributed by atoms with Crippen molar-refractivity contribution in [2.24, 2.45) is 0 Å². The Morgan fingerprint density at radius 3 is 2.03 bits per heavy atom. The predicted molar refractivity (Wildman–Crippen MR) is 142 cm³/mol. The lowest BCUT2D eigenvalue weighted by Crippen LogP contribution is -2.49. The number of hydrogen-bond acceptors (Lipinski definition) is 5. The number of hydrogen-bond donors (Lipinski definition) is 0. The molecule has 1 atom stereocenters. The fourth-order valence-electron chi connectivity index (χ4n) is 4.83. The summed E-state index contributed by atoms with van der Waals surface area (Å²) in [7, 11) is 0. The number of nitro groups is 1. The van der Waals surface area contributed by atoms with Crippen molar-refractivity contribution >= 4 is 17.3 Å². The molecular formula is C30H27N3O4. The van der Waals surface area contributed by atoms with Gasteiger partial charge in [-0.25, -0.2) is 0 Å². The molecule has 1 aliphatic heterocycles. The van der Waals surface area contributed by atoms with Crippen LogP contribution in [0.1, 0.15) is 40.1 Å². The van der Waals surface area contributed by atoms with E-state index in [0.717, 1.165) is 16.7 Å². The zero-order valence-electron chi connectivity index (χ0n) is 20.5. The molecule has 0 saturated heterocycles. The van der Waals surface area contributed by atoms with E-state index in [4.69, 9.17) is 4.74 Å². The fraction of sp³-hybridized carbons (Fsp3) is 0.167. The second-order valence-electron chi connectivity index (χ2n) is 8.84. The van der Waals surface area contributed by atoms with Crippen LogP contribution in [0.2, 0.25) is 0 Å². The summed E-state index contributed by atoms with van der Waals surface area (Å²) in [6.07, 6.45) is -0.496. The summed E-state index contributed by atoms with van der Waals surface area (Å²) < 4.78 is 6.01. The summed E-state index contributed by atoms with van der Waals surface area (Å²) in [6.45, 7) is 3.24. The van der Waals surface area contributed by atoms with Crippen LogP contribution in [0.5, 0.6) is 5.75 Å². The second-order valence-corrected chi connectivity index (χ2v) is 8.84. The molecule has 0 radical (unpaired) electrons. The van der Waals surface area contributed by atoms with Gasteiger partial charge in [0.2, 0.25) is 0 Å². The number of rotatable bonds is 8. The fourth-order valence-corrected chi connectivity index (χ4v) is 4.83. The molecule has 0 spiro atoms. The Morgan fingerprint density at radius 2 is 1.41 bits per heavy atom. The van der Waals surface area contributed by atoms with Gasteiger partial charge in [0.15, 0.2) is 0 Å². The zero-order chi connectivity index (χ0) is 25.8. The molecule has 0 aliphatic carbocycles. The van der Waals surface area contributed by atoms with Crippen molar-refractivity contribution in [2.45, 2.75) is 26.2 Å². The topological polar surface area (TPSA) is 75.9 Å². The first-order chi connectivity index (χ1) is 18.1. The van der Waals surface area contributed by atoms with Crippen LogP contribution in [0.3, 0.4) is 0 Å². The molecule has 0 unspecified atom stereocenters. The van der Waals surface area contributed by atoms with Gasteiger partial charge in [0.05, 0.1) is 22.8 Å². The maximum atomic E-state index is 14.1. The van der Waals surface area contributed by atoms with Gasteiger partial charge < -0.3 is 14.5 Å². The van der Waals surface area contributed by atoms with E-state index in [0.29, 0.717) is 36.7 Å². The van der Waals surface area contributed by atoms with Gasteiger partial charge in [-0.3, -0.25) is 14.9 Å². The molecule has 5 rings (SSSR count). The molecule has 7 nitrogen and oxygen atoms in total. The number of nitro benzene ring substituents is 1. The Bertz CT molecular complexity index is 1410. The SMILES string of the molecule is CCOc1ccccc1[C@H]1N(Cc2ccccc2)C(=O)c2cc([N+](=O)[O-])ccc2N1Cc1ccccc1. The summed E-state index contributed by atoms with van der Waals surface area (Å²) in [5, 5.41) is 11.6. The van der Waals surface area contributed by atoms with E-state index in [9.17, 15) is 14.9 Å². The molecule has 0 aromatic heterocycles. The molecule has 0 bridgehead atoms. The minimum Gasteiger partial charge on any atom is -0.493 e. The Morgan fingerprint density at radius 1 is 0.811 bits per heavy atom. The van der Waals surface area contributed by atoms with Crippen molar-refractivity contribution in [1.29, 1.82) is 0 Å². The highest BCUT2D eigenvalue weighted by Crippen LogP contribution is 2.44. The van der Waals surface area contributed by atoms with Crippen molar-refractivity contribution in [3.8, 4) is 5.75 Å². The van der Waals surface area contributed by atoms with Gasteiger partial charge in [0, 0.05) is 30.8 Å². The van der Waals surface area contributed by atoms with Crippen LogP contribution in [0, 0.1) is 10.1 Å². The number of para-hydroxylation sites is 1. The monoisotopic (exact) mass is 493 g/mol. The van der Waals surface area contributed by atoms with E-state index in [2.05, 4.69) is 4.90 Å². The summed E-state index contributed by atoms with van der Waals surface area (Å²) >= 11 is 0. The maximum Gasteiger partial charge on any atom is 0.270 e. The van der Waals surface area contributed by atoms with Gasteiger partial charge in [0.1, 0.15) is 11.9 Å². The Kier molecular flexibility index (Phi) is 6.85. The van der Waals surface area contributed by atoms with Crippen LogP contribution in [-0.4, -0.2) is 22.3 Å². The van der Waals surface area contributed by atoms with Gasteiger partial charge in [0.25, 0.3) is 11.6 Å². The van der Waals surface area contributed by atoms with Crippen LogP contribution in [0.4, 0.5) is 11.4 Å². The molecule has 0 saturated carbocycles. The number of carbonyl (C=O) groups is 1. The number of carbonyl (C=O) groups excluding carboxylic acids is 1. The summed E-state index contributed by atoms with van der Waals surface area (Å²) in [5.74, 6) is 0.437. The normalized spacial score (nSPS) is 14.8. The first-order valence-electron chi connectivity index (χ1n) is 12.2. The molecule has 1 heterocycles. The molecule has 4 aromatic carbocycles. The van der Waals surface area contributed by atoms with Crippen LogP contribution in [0.25, 0.3) is 0 Å². The third-order valence-corrected chi connectivity index (χ3v) is 6.47. The van der Waals surface area contributed by atoms with Crippen molar-refractivity contribution < 1.29 is 14.5 Å². The van der Waals surface area contributed by atoms with Gasteiger partial charge in [-0.2, -0.15) is 0 Å². The number of anilines is 1. The van der Waals surface area contributed by atoms with Gasteiger partial charge >= 0.3 is 0 Å². The number of amides is 1. The van der Waals surface area contributed by atoms with E-state index >= 15 is 0 Å². The van der Waals surface area contributed by atoms with Crippen LogP contribution < -0.4 is 9.64 Å². The lowest BCUT2D eigenvalue weighted by atomic mass is 9.98. The van der Waals surface area contributed by atoms with Crippen molar-refractivity contribution in [1.82, 2.24) is 4.90 Å². The van der Waals surface area contributed by atoms with E-state index < -0.39 is 11.1 Å². The molecule has 4 aromatic rings. The average Bonchev–Trinajstić information content (AvgIpc) is 2.93. The molecule has 1 aliphatic rings. The minimum absolute atomic E-state index is 0.111. The molecule has 0 N–H and O–H groups in total. The standard InChI is InChI=1S/C30H27N3O4/c1-2-37-28-16-10-9-15-25(28)29-31(20-22-11-5-3-6-12-22)27-18-17-24(33(35)36)19-26(27)30(34)32(29)21-23-13-7-4-8-14-23/h3-19,29H,2,20-21H2,1H3/t29-/m1/s1. The van der Waals surface area contributed by atoms with Crippen LogP contribution >= 0.6 is 0 Å². The van der Waals surface area contributed by atoms with Crippen molar-refractivity contribution in [3.63, 3.8) is 0 Å². The van der Waals surface area contributed by atoms with E-state index in [1.165, 1.54) is 12.1 Å². The summed E-state index contributed by atoms with van der Waals surface area (Å²) in [5.41, 5.74) is 3.72. The Balaban J connectivity index is 1.72. The first-order valence-corrected chi connectivity index (χ1v) is 12.2. The maximum absolute atomic E-state index is 14.1. The minimum atomic E-state index is -0.496. The third kappa shape index (κ3) is 4.89. The highest BCUT2D eigenvalue weighted by molar-refractivity contribution is 6.02. The van der Waals surface area contributed by atoms with Crippen molar-refractivity contribution in [3.05, 3.63) is 135 Å². The number of fused-ring (bicyclic) bond motifs is 1. The van der Waals surface area contributed by atoms with Crippen LogP contribution in [-0.2, 0) is 13.1 Å². The molecule has 1 amide bonds. The first kappa shape index (κ1) is 24.1. The molecular weight excluding hydrogens is 466 g/mol. The lowest BCUT2D eigenvalue weighted by molar-refractivity contribution is -0.384. The van der Waals surface area contributed by atoms with Gasteiger partial charge in [-0.05, 0) is 30.2 Å². The molecule has 37 heavy (non-hydrogen) atoms. The lowest BCUT2D eigenvalue weighted by Gasteiger charge is -2.46. The number of benzene rings is 4. The zero-order valence-corrected chi connectivity index (χ0v) is 20.5. The summed E-state index contributed by atoms with van der Waals surface area (Å²) in [4.78, 5) is 29.1. The smallest absolute Gasteiger partial charge is 0.270 e. The van der Waals surface area contributed by atoms with Crippen molar-refractivity contribution in [2.75, 3.05) is 11.5 Å². The number of nitrogens with zero attached hydrogens (tertiary/aromatic N) is 3. The highest BCUT2D eigenvalue weighted by atomic mass is 16.6. The average molecular weight is 494 g/mol. The molecule has 186 valence electrons. The Hall–Kier alpha value is -4.65. The van der Waals surface area contributed by atoms with Crippen LogP contribution in [0.15, 0.2) is 103 Å². The quantitative estimate of drug-likeness (QED) is 0.211. The number of non-ortho nitro benzene ring substituents is 1. The highest BCUT2D eigenvalue weighted by Gasteiger charge is 2.40. The van der Waals surface area contributed by atoms with E-state index in [1.54, 1.807) is 11.0 Å². The molecule has 0 fully saturated rings. The third-order valence-electron chi connectivity index (χ3n) is 6.47. The Labute approximate surface area is 215 Å². The van der Waals surface area contributed by atoms with Gasteiger partial charge in [-0.15, -0.1) is 0 Å². The van der Waals surface area contributed by atoms with Gasteiger partial charge in [-0.1, -0.05) is 78.9 Å².